The topological polar surface area (TPSA) is 58.6 Å². The van der Waals surface area contributed by atoms with Gasteiger partial charge in [-0.05, 0) is 35.7 Å². The number of rotatable bonds is 6. The Kier molecular flexibility index (Phi) is 6.55. The van der Waals surface area contributed by atoms with Gasteiger partial charge in [0.05, 0.1) is 13.0 Å². The summed E-state index contributed by atoms with van der Waals surface area (Å²) in [6.45, 7) is 3.24. The van der Waals surface area contributed by atoms with Gasteiger partial charge in [-0.15, -0.1) is 0 Å². The van der Waals surface area contributed by atoms with Gasteiger partial charge in [-0.1, -0.05) is 66.7 Å². The van der Waals surface area contributed by atoms with Gasteiger partial charge in [-0.2, -0.15) is 0 Å². The molecule has 3 aromatic rings. The van der Waals surface area contributed by atoms with Crippen molar-refractivity contribution in [1.82, 2.24) is 10.2 Å². The highest BCUT2D eigenvalue weighted by atomic mass is 16.5. The van der Waals surface area contributed by atoms with Crippen molar-refractivity contribution in [1.29, 1.82) is 0 Å². The zero-order chi connectivity index (χ0) is 22.5. The van der Waals surface area contributed by atoms with Gasteiger partial charge in [0.2, 0.25) is 5.91 Å². The Morgan fingerprint density at radius 2 is 1.62 bits per heavy atom. The van der Waals surface area contributed by atoms with Gasteiger partial charge in [0, 0.05) is 31.1 Å². The molecule has 4 rings (SSSR count). The van der Waals surface area contributed by atoms with E-state index in [0.29, 0.717) is 25.2 Å². The fraction of sp³-hybridized carbons (Fsp3) is 0.259. The summed E-state index contributed by atoms with van der Waals surface area (Å²) in [6, 6.07) is 25.2. The molecule has 0 aliphatic carbocycles. The Hall–Kier alpha value is -3.60. The minimum Gasteiger partial charge on any atom is -0.496 e. The Bertz CT molecular complexity index is 1100. The summed E-state index contributed by atoms with van der Waals surface area (Å²) in [7, 11) is 1.63. The van der Waals surface area contributed by atoms with Crippen LogP contribution in [0.2, 0.25) is 0 Å². The number of benzene rings is 3. The second-order valence-electron chi connectivity index (χ2n) is 8.18. The molecule has 1 N–H and O–H groups in total. The van der Waals surface area contributed by atoms with Gasteiger partial charge in [0.15, 0.2) is 0 Å². The van der Waals surface area contributed by atoms with E-state index in [1.54, 1.807) is 12.0 Å². The molecular formula is C27H28N2O3. The predicted octanol–water partition coefficient (Wildman–Crippen LogP) is 4.18. The zero-order valence-electron chi connectivity index (χ0n) is 18.5. The van der Waals surface area contributed by atoms with Crippen LogP contribution >= 0.6 is 0 Å². The second kappa shape index (κ2) is 9.69. The Labute approximate surface area is 189 Å². The number of para-hydroxylation sites is 1. The van der Waals surface area contributed by atoms with E-state index in [-0.39, 0.29) is 23.7 Å². The first-order chi connectivity index (χ1) is 15.6. The first-order valence-electron chi connectivity index (χ1n) is 10.9. The fourth-order valence-corrected chi connectivity index (χ4v) is 4.42. The van der Waals surface area contributed by atoms with E-state index in [1.807, 2.05) is 85.8 Å². The number of hydrogen-bond donors (Lipinski definition) is 1. The van der Waals surface area contributed by atoms with Crippen LogP contribution in [0.25, 0.3) is 0 Å². The minimum absolute atomic E-state index is 0.0404. The molecule has 0 aromatic heterocycles. The molecule has 0 spiro atoms. The predicted molar refractivity (Wildman–Crippen MR) is 125 cm³/mol. The van der Waals surface area contributed by atoms with Crippen LogP contribution in [0.3, 0.4) is 0 Å². The summed E-state index contributed by atoms with van der Waals surface area (Å²) < 4.78 is 5.58. The molecule has 1 fully saturated rings. The lowest BCUT2D eigenvalue weighted by molar-refractivity contribution is -0.125. The maximum absolute atomic E-state index is 13.3. The van der Waals surface area contributed by atoms with Crippen LogP contribution in [0.5, 0.6) is 5.75 Å². The maximum atomic E-state index is 13.3. The molecule has 3 aromatic carbocycles. The standard InChI is InChI=1S/C27H28N2O3/c1-19-10-6-7-13-21(19)27(31)29-17-23(22-14-8-9-15-25(22)32-2)24(18-29)26(30)28-16-20-11-4-3-5-12-20/h3-15,23-24H,16-18H2,1-2H3,(H,28,30)/t23-,24+/m0/s1. The Morgan fingerprint density at radius 3 is 2.38 bits per heavy atom. The quantitative estimate of drug-likeness (QED) is 0.641. The van der Waals surface area contributed by atoms with Gasteiger partial charge in [0.25, 0.3) is 5.91 Å². The second-order valence-corrected chi connectivity index (χ2v) is 8.18. The number of carbonyl (C=O) groups is 2. The van der Waals surface area contributed by atoms with Crippen molar-refractivity contribution in [3.63, 3.8) is 0 Å². The summed E-state index contributed by atoms with van der Waals surface area (Å²) >= 11 is 0. The summed E-state index contributed by atoms with van der Waals surface area (Å²) in [5.74, 6) is 0.146. The molecule has 1 aliphatic rings. The number of hydrogen-bond acceptors (Lipinski definition) is 3. The molecule has 32 heavy (non-hydrogen) atoms. The molecule has 5 nitrogen and oxygen atoms in total. The van der Waals surface area contributed by atoms with Crippen molar-refractivity contribution >= 4 is 11.8 Å². The van der Waals surface area contributed by atoms with Crippen LogP contribution in [0.15, 0.2) is 78.9 Å². The fourth-order valence-electron chi connectivity index (χ4n) is 4.42. The van der Waals surface area contributed by atoms with Crippen LogP contribution in [-0.2, 0) is 11.3 Å². The summed E-state index contributed by atoms with van der Waals surface area (Å²) in [5.41, 5.74) is 3.61. The summed E-state index contributed by atoms with van der Waals surface area (Å²) in [5, 5.41) is 3.07. The average molecular weight is 429 g/mol. The van der Waals surface area contributed by atoms with E-state index in [1.165, 1.54) is 0 Å². The molecule has 164 valence electrons. The summed E-state index contributed by atoms with van der Waals surface area (Å²) in [6.07, 6.45) is 0. The third-order valence-corrected chi connectivity index (χ3v) is 6.17. The van der Waals surface area contributed by atoms with E-state index in [4.69, 9.17) is 4.74 Å². The normalized spacial score (nSPS) is 17.8. The van der Waals surface area contributed by atoms with Gasteiger partial charge in [0.1, 0.15) is 5.75 Å². The minimum atomic E-state index is -0.358. The number of likely N-dealkylation sites (tertiary alicyclic amines) is 1. The molecule has 0 bridgehead atoms. The molecule has 5 heteroatoms. The average Bonchev–Trinajstić information content (AvgIpc) is 3.28. The van der Waals surface area contributed by atoms with Crippen LogP contribution < -0.4 is 10.1 Å². The lowest BCUT2D eigenvalue weighted by Gasteiger charge is -2.20. The molecule has 0 saturated carbocycles. The highest BCUT2D eigenvalue weighted by Crippen LogP contribution is 2.38. The monoisotopic (exact) mass is 428 g/mol. The molecule has 1 heterocycles. The Morgan fingerprint density at radius 1 is 0.938 bits per heavy atom. The lowest BCUT2D eigenvalue weighted by Crippen LogP contribution is -2.35. The van der Waals surface area contributed by atoms with E-state index in [2.05, 4.69) is 5.32 Å². The molecular weight excluding hydrogens is 400 g/mol. The SMILES string of the molecule is COc1ccccc1[C@@H]1CN(C(=O)c2ccccc2C)C[C@H]1C(=O)NCc1ccccc1. The number of ether oxygens (including phenoxy) is 1. The van der Waals surface area contributed by atoms with E-state index < -0.39 is 0 Å². The summed E-state index contributed by atoms with van der Waals surface area (Å²) in [4.78, 5) is 28.4. The van der Waals surface area contributed by atoms with Crippen LogP contribution in [0, 0.1) is 12.8 Å². The maximum Gasteiger partial charge on any atom is 0.254 e. The van der Waals surface area contributed by atoms with Crippen LogP contribution in [0.1, 0.15) is 33.0 Å². The number of methoxy groups -OCH3 is 1. The van der Waals surface area contributed by atoms with Crippen LogP contribution in [0.4, 0.5) is 0 Å². The van der Waals surface area contributed by atoms with Crippen molar-refractivity contribution in [3.8, 4) is 5.75 Å². The van der Waals surface area contributed by atoms with E-state index >= 15 is 0 Å². The number of aryl methyl sites for hydroxylation is 1. The molecule has 2 atom stereocenters. The molecule has 2 amide bonds. The molecule has 0 unspecified atom stereocenters. The van der Waals surface area contributed by atoms with E-state index in [9.17, 15) is 9.59 Å². The Balaban J connectivity index is 1.60. The number of nitrogens with zero attached hydrogens (tertiary/aromatic N) is 1. The number of amides is 2. The van der Waals surface area contributed by atoms with Gasteiger partial charge in [-0.3, -0.25) is 9.59 Å². The molecule has 1 aliphatic heterocycles. The molecule has 1 saturated heterocycles. The highest BCUT2D eigenvalue weighted by Gasteiger charge is 2.41. The lowest BCUT2D eigenvalue weighted by atomic mass is 9.87. The van der Waals surface area contributed by atoms with Gasteiger partial charge in [-0.25, -0.2) is 0 Å². The van der Waals surface area contributed by atoms with Crippen molar-refractivity contribution in [2.45, 2.75) is 19.4 Å². The number of nitrogens with one attached hydrogen (secondary N) is 1. The third-order valence-electron chi connectivity index (χ3n) is 6.17. The number of carbonyl (C=O) groups excluding carboxylic acids is 2. The first-order valence-corrected chi connectivity index (χ1v) is 10.9. The highest BCUT2D eigenvalue weighted by molar-refractivity contribution is 5.96. The first kappa shape index (κ1) is 21.6. The van der Waals surface area contributed by atoms with Crippen molar-refractivity contribution in [2.24, 2.45) is 5.92 Å². The van der Waals surface area contributed by atoms with Crippen molar-refractivity contribution in [3.05, 3.63) is 101 Å². The zero-order valence-corrected chi connectivity index (χ0v) is 18.5. The van der Waals surface area contributed by atoms with Crippen LogP contribution in [-0.4, -0.2) is 36.9 Å². The smallest absolute Gasteiger partial charge is 0.254 e. The largest absolute Gasteiger partial charge is 0.496 e. The van der Waals surface area contributed by atoms with E-state index in [0.717, 1.165) is 22.4 Å². The van der Waals surface area contributed by atoms with Crippen molar-refractivity contribution < 1.29 is 14.3 Å². The van der Waals surface area contributed by atoms with Gasteiger partial charge >= 0.3 is 0 Å². The van der Waals surface area contributed by atoms with Crippen molar-refractivity contribution in [2.75, 3.05) is 20.2 Å². The third kappa shape index (κ3) is 4.52. The van der Waals surface area contributed by atoms with Gasteiger partial charge < -0.3 is 15.0 Å². The molecule has 0 radical (unpaired) electrons.